The third-order valence-electron chi connectivity index (χ3n) is 6.47. The summed E-state index contributed by atoms with van der Waals surface area (Å²) in [6.07, 6.45) is 7.01. The normalized spacial score (nSPS) is 46.1. The highest BCUT2D eigenvalue weighted by molar-refractivity contribution is 5.22. The van der Waals surface area contributed by atoms with Crippen LogP contribution < -0.4 is 0 Å². The number of ether oxygens (including phenoxy) is 3. The summed E-state index contributed by atoms with van der Waals surface area (Å²) in [7, 11) is 0. The van der Waals surface area contributed by atoms with Gasteiger partial charge in [-0.1, -0.05) is 12.2 Å². The molecule has 8 unspecified atom stereocenters. The van der Waals surface area contributed by atoms with E-state index in [1.165, 1.54) is 6.42 Å². The number of rotatable bonds is 4. The van der Waals surface area contributed by atoms with Crippen LogP contribution in [0.2, 0.25) is 0 Å². The molecule has 0 amide bonds. The smallest absolute Gasteiger partial charge is 0.0671 e. The van der Waals surface area contributed by atoms with Gasteiger partial charge in [0.15, 0.2) is 0 Å². The Bertz CT molecular complexity index is 468. The minimum atomic E-state index is -0.0920. The van der Waals surface area contributed by atoms with Gasteiger partial charge < -0.3 is 14.2 Å². The minimum absolute atomic E-state index is 0.0920. The molecule has 0 radical (unpaired) electrons. The molecular formula is C21H34O3. The first-order chi connectivity index (χ1) is 11.1. The predicted octanol–water partition coefficient (Wildman–Crippen LogP) is 4.07. The van der Waals surface area contributed by atoms with Gasteiger partial charge in [-0.15, -0.1) is 0 Å². The highest BCUT2D eigenvalue weighted by Gasteiger charge is 2.66. The van der Waals surface area contributed by atoms with E-state index >= 15 is 0 Å². The van der Waals surface area contributed by atoms with Crippen LogP contribution >= 0.6 is 0 Å². The van der Waals surface area contributed by atoms with Gasteiger partial charge in [0.25, 0.3) is 0 Å². The molecule has 0 N–H and O–H groups in total. The second-order valence-corrected chi connectivity index (χ2v) is 10.3. The minimum Gasteiger partial charge on any atom is -0.375 e. The lowest BCUT2D eigenvalue weighted by molar-refractivity contribution is -0.0766. The van der Waals surface area contributed by atoms with Crippen LogP contribution in [0, 0.1) is 35.5 Å². The van der Waals surface area contributed by atoms with Crippen molar-refractivity contribution in [3.05, 3.63) is 12.2 Å². The molecule has 2 heterocycles. The van der Waals surface area contributed by atoms with Crippen LogP contribution in [0.25, 0.3) is 0 Å². The van der Waals surface area contributed by atoms with E-state index in [-0.39, 0.29) is 11.2 Å². The van der Waals surface area contributed by atoms with Crippen LogP contribution in [0.3, 0.4) is 0 Å². The van der Waals surface area contributed by atoms with Gasteiger partial charge in [-0.25, -0.2) is 0 Å². The maximum absolute atomic E-state index is 6.58. The van der Waals surface area contributed by atoms with Crippen molar-refractivity contribution >= 4 is 0 Å². The lowest BCUT2D eigenvalue weighted by atomic mass is 9.65. The highest BCUT2D eigenvalue weighted by Crippen LogP contribution is 2.63. The van der Waals surface area contributed by atoms with Crippen molar-refractivity contribution < 1.29 is 14.2 Å². The zero-order valence-electron chi connectivity index (χ0n) is 16.1. The summed E-state index contributed by atoms with van der Waals surface area (Å²) >= 11 is 0. The summed E-state index contributed by atoms with van der Waals surface area (Å²) in [5.74, 6) is 3.90. The molecular weight excluding hydrogens is 300 g/mol. The monoisotopic (exact) mass is 334 g/mol. The van der Waals surface area contributed by atoms with Gasteiger partial charge in [0.1, 0.15) is 0 Å². The summed E-state index contributed by atoms with van der Waals surface area (Å²) < 4.78 is 19.0. The third kappa shape index (κ3) is 2.87. The van der Waals surface area contributed by atoms with Crippen molar-refractivity contribution in [1.29, 1.82) is 0 Å². The number of hydrogen-bond acceptors (Lipinski definition) is 3. The van der Waals surface area contributed by atoms with E-state index in [0.717, 1.165) is 36.9 Å². The van der Waals surface area contributed by atoms with E-state index in [2.05, 4.69) is 53.7 Å². The third-order valence-corrected chi connectivity index (χ3v) is 6.47. The molecule has 0 aromatic carbocycles. The summed E-state index contributed by atoms with van der Waals surface area (Å²) in [5.41, 5.74) is -0.184. The van der Waals surface area contributed by atoms with Crippen LogP contribution in [0.15, 0.2) is 12.2 Å². The topological polar surface area (TPSA) is 27.7 Å². The summed E-state index contributed by atoms with van der Waals surface area (Å²) in [6.45, 7) is 14.5. The second-order valence-electron chi connectivity index (χ2n) is 10.3. The SMILES string of the molecule is CC(C)(C)OCC1C(COC(C)(C)C)C2OC1C1C3C=CC(C3)C21. The van der Waals surface area contributed by atoms with Crippen LogP contribution in [0.4, 0.5) is 0 Å². The Morgan fingerprint density at radius 2 is 1.21 bits per heavy atom. The fraction of sp³-hybridized carbons (Fsp3) is 0.905. The molecule has 0 aromatic heterocycles. The van der Waals surface area contributed by atoms with Crippen LogP contribution in [-0.4, -0.2) is 36.6 Å². The zero-order valence-corrected chi connectivity index (χ0v) is 16.1. The summed E-state index contributed by atoms with van der Waals surface area (Å²) in [4.78, 5) is 0. The Morgan fingerprint density at radius 3 is 1.58 bits per heavy atom. The Labute approximate surface area is 147 Å². The summed E-state index contributed by atoms with van der Waals surface area (Å²) in [6, 6.07) is 0. The van der Waals surface area contributed by atoms with E-state index in [9.17, 15) is 0 Å². The average Bonchev–Trinajstić information content (AvgIpc) is 3.17. The highest BCUT2D eigenvalue weighted by atomic mass is 16.5. The molecule has 2 aliphatic heterocycles. The molecule has 1 saturated carbocycles. The van der Waals surface area contributed by atoms with Gasteiger partial charge in [-0.2, -0.15) is 0 Å². The van der Waals surface area contributed by atoms with Gasteiger partial charge in [0.05, 0.1) is 36.6 Å². The molecule has 0 spiro atoms. The van der Waals surface area contributed by atoms with Crippen molar-refractivity contribution in [2.45, 2.75) is 71.4 Å². The van der Waals surface area contributed by atoms with Crippen LogP contribution in [0.1, 0.15) is 48.0 Å². The predicted molar refractivity (Wildman–Crippen MR) is 94.8 cm³/mol. The standard InChI is InChI=1S/C21H34O3/c1-20(2,3)22-10-14-15(11-23-21(4,5)6)19-17-13-8-7-12(9-13)16(17)18(14)24-19/h7-8,12-19H,9-11H2,1-6H3. The van der Waals surface area contributed by atoms with E-state index in [4.69, 9.17) is 14.2 Å². The number of allylic oxidation sites excluding steroid dienone is 2. The van der Waals surface area contributed by atoms with Crippen LogP contribution in [0.5, 0.6) is 0 Å². The van der Waals surface area contributed by atoms with E-state index in [0.29, 0.717) is 24.0 Å². The maximum Gasteiger partial charge on any atom is 0.0671 e. The fourth-order valence-electron chi connectivity index (χ4n) is 5.58. The van der Waals surface area contributed by atoms with Crippen molar-refractivity contribution in [3.8, 4) is 0 Å². The molecule has 4 rings (SSSR count). The van der Waals surface area contributed by atoms with E-state index in [1.807, 2.05) is 0 Å². The molecule has 3 fully saturated rings. The molecule has 8 atom stereocenters. The molecule has 24 heavy (non-hydrogen) atoms. The zero-order chi connectivity index (χ0) is 17.3. The first-order valence-corrected chi connectivity index (χ1v) is 9.76. The Morgan fingerprint density at radius 1 is 0.792 bits per heavy atom. The van der Waals surface area contributed by atoms with Gasteiger partial charge in [0.2, 0.25) is 0 Å². The van der Waals surface area contributed by atoms with Gasteiger partial charge in [0, 0.05) is 11.8 Å². The van der Waals surface area contributed by atoms with Crippen LogP contribution in [-0.2, 0) is 14.2 Å². The summed E-state index contributed by atoms with van der Waals surface area (Å²) in [5, 5.41) is 0. The van der Waals surface area contributed by atoms with E-state index < -0.39 is 0 Å². The largest absolute Gasteiger partial charge is 0.375 e. The molecule has 2 aliphatic carbocycles. The molecule has 4 aliphatic rings. The van der Waals surface area contributed by atoms with Gasteiger partial charge in [-0.3, -0.25) is 0 Å². The Hall–Kier alpha value is -0.380. The van der Waals surface area contributed by atoms with E-state index in [1.54, 1.807) is 0 Å². The first kappa shape index (κ1) is 17.1. The van der Waals surface area contributed by atoms with Crippen molar-refractivity contribution in [2.75, 3.05) is 13.2 Å². The molecule has 3 heteroatoms. The molecule has 2 saturated heterocycles. The quantitative estimate of drug-likeness (QED) is 0.725. The van der Waals surface area contributed by atoms with Crippen molar-refractivity contribution in [2.24, 2.45) is 35.5 Å². The van der Waals surface area contributed by atoms with Crippen molar-refractivity contribution in [1.82, 2.24) is 0 Å². The lowest BCUT2D eigenvalue weighted by Gasteiger charge is -2.40. The number of fused-ring (bicyclic) bond motifs is 9. The molecule has 0 aromatic rings. The van der Waals surface area contributed by atoms with Gasteiger partial charge in [-0.05, 0) is 71.6 Å². The van der Waals surface area contributed by atoms with Gasteiger partial charge >= 0.3 is 0 Å². The molecule has 136 valence electrons. The molecule has 4 bridgehead atoms. The maximum atomic E-state index is 6.58. The first-order valence-electron chi connectivity index (χ1n) is 9.76. The average molecular weight is 335 g/mol. The van der Waals surface area contributed by atoms with Crippen molar-refractivity contribution in [3.63, 3.8) is 0 Å². The number of hydrogen-bond donors (Lipinski definition) is 0. The fourth-order valence-corrected chi connectivity index (χ4v) is 5.58. The Balaban J connectivity index is 1.52. The Kier molecular flexibility index (Phi) is 3.95. The second kappa shape index (κ2) is 5.56. The molecule has 3 nitrogen and oxygen atoms in total. The lowest BCUT2D eigenvalue weighted by Crippen LogP contribution is -2.46.